The maximum Gasteiger partial charge on any atom is 0.253 e. The van der Waals surface area contributed by atoms with Crippen LogP contribution in [0.1, 0.15) is 27.3 Å². The molecule has 0 fully saturated rings. The molecule has 0 atom stereocenters. The molecule has 3 rings (SSSR count). The standard InChI is InChI=1S/C19H22N4O3S/c1-13-10-16(14(2)23(13)19-20-6-9-27-19)18(24)22-12-15-4-5-17(21-11-15)26-8-7-25-3/h4-6,9-11H,7-8,12H2,1-3H3,(H,22,24). The second-order valence-corrected chi connectivity index (χ2v) is 6.84. The van der Waals surface area contributed by atoms with Gasteiger partial charge in [-0.1, -0.05) is 6.07 Å². The molecule has 142 valence electrons. The molecule has 0 aliphatic carbocycles. The fourth-order valence-electron chi connectivity index (χ4n) is 2.72. The lowest BCUT2D eigenvalue weighted by Crippen LogP contribution is -2.23. The summed E-state index contributed by atoms with van der Waals surface area (Å²) in [5.74, 6) is 0.417. The zero-order chi connectivity index (χ0) is 19.2. The van der Waals surface area contributed by atoms with E-state index < -0.39 is 0 Å². The van der Waals surface area contributed by atoms with Crippen LogP contribution in [0.3, 0.4) is 0 Å². The Morgan fingerprint density at radius 1 is 1.26 bits per heavy atom. The van der Waals surface area contributed by atoms with Gasteiger partial charge >= 0.3 is 0 Å². The molecule has 0 aliphatic heterocycles. The molecule has 0 unspecified atom stereocenters. The summed E-state index contributed by atoms with van der Waals surface area (Å²) in [6.45, 7) is 5.26. The van der Waals surface area contributed by atoms with Gasteiger partial charge in [0.25, 0.3) is 5.91 Å². The predicted molar refractivity (Wildman–Crippen MR) is 104 cm³/mol. The van der Waals surface area contributed by atoms with Gasteiger partial charge in [0.05, 0.1) is 12.2 Å². The number of carbonyl (C=O) groups is 1. The van der Waals surface area contributed by atoms with Crippen molar-refractivity contribution < 1.29 is 14.3 Å². The molecule has 27 heavy (non-hydrogen) atoms. The first-order chi connectivity index (χ1) is 13.1. The first-order valence-electron chi connectivity index (χ1n) is 8.54. The van der Waals surface area contributed by atoms with Gasteiger partial charge in [0.2, 0.25) is 5.88 Å². The Hall–Kier alpha value is -2.71. The quantitative estimate of drug-likeness (QED) is 0.602. The average molecular weight is 386 g/mol. The van der Waals surface area contributed by atoms with E-state index in [9.17, 15) is 4.79 Å². The van der Waals surface area contributed by atoms with Gasteiger partial charge < -0.3 is 14.8 Å². The number of carbonyl (C=O) groups excluding carboxylic acids is 1. The number of amides is 1. The molecule has 0 aliphatic rings. The highest BCUT2D eigenvalue weighted by Crippen LogP contribution is 2.22. The van der Waals surface area contributed by atoms with E-state index in [1.165, 1.54) is 0 Å². The molecule has 0 aromatic carbocycles. The smallest absolute Gasteiger partial charge is 0.253 e. The van der Waals surface area contributed by atoms with Crippen molar-refractivity contribution in [1.82, 2.24) is 19.9 Å². The first-order valence-corrected chi connectivity index (χ1v) is 9.41. The minimum Gasteiger partial charge on any atom is -0.475 e. The lowest BCUT2D eigenvalue weighted by molar-refractivity contribution is 0.0950. The van der Waals surface area contributed by atoms with E-state index >= 15 is 0 Å². The zero-order valence-corrected chi connectivity index (χ0v) is 16.4. The molecule has 0 saturated heterocycles. The summed E-state index contributed by atoms with van der Waals surface area (Å²) in [5.41, 5.74) is 3.40. The van der Waals surface area contributed by atoms with Crippen LogP contribution in [0.2, 0.25) is 0 Å². The van der Waals surface area contributed by atoms with Crippen molar-refractivity contribution in [3.63, 3.8) is 0 Å². The van der Waals surface area contributed by atoms with Gasteiger partial charge in [-0.05, 0) is 25.5 Å². The van der Waals surface area contributed by atoms with Crippen LogP contribution in [0.25, 0.3) is 5.13 Å². The molecule has 3 heterocycles. The molecule has 1 N–H and O–H groups in total. The van der Waals surface area contributed by atoms with Gasteiger partial charge in [0.1, 0.15) is 6.61 Å². The van der Waals surface area contributed by atoms with Crippen LogP contribution in [0, 0.1) is 13.8 Å². The molecule has 0 spiro atoms. The Morgan fingerprint density at radius 2 is 2.11 bits per heavy atom. The predicted octanol–water partition coefficient (Wildman–Crippen LogP) is 2.90. The van der Waals surface area contributed by atoms with E-state index in [2.05, 4.69) is 15.3 Å². The molecule has 1 amide bonds. The van der Waals surface area contributed by atoms with E-state index in [1.54, 1.807) is 36.9 Å². The first kappa shape index (κ1) is 19.1. The van der Waals surface area contributed by atoms with E-state index in [4.69, 9.17) is 9.47 Å². The molecular formula is C19H22N4O3S. The van der Waals surface area contributed by atoms with Crippen molar-refractivity contribution in [1.29, 1.82) is 0 Å². The summed E-state index contributed by atoms with van der Waals surface area (Å²) < 4.78 is 12.4. The largest absolute Gasteiger partial charge is 0.475 e. The molecule has 3 aromatic rings. The molecule has 0 bridgehead atoms. The van der Waals surface area contributed by atoms with Crippen LogP contribution >= 0.6 is 11.3 Å². The van der Waals surface area contributed by atoms with Gasteiger partial charge in [-0.25, -0.2) is 9.97 Å². The fourth-order valence-corrected chi connectivity index (χ4v) is 3.47. The summed E-state index contributed by atoms with van der Waals surface area (Å²) in [7, 11) is 1.62. The number of rotatable bonds is 8. The van der Waals surface area contributed by atoms with Gasteiger partial charge in [-0.2, -0.15) is 0 Å². The second kappa shape index (κ2) is 8.79. The highest BCUT2D eigenvalue weighted by atomic mass is 32.1. The number of nitrogens with zero attached hydrogens (tertiary/aromatic N) is 3. The molecule has 8 heteroatoms. The van der Waals surface area contributed by atoms with Crippen LogP contribution in [0.15, 0.2) is 36.0 Å². The van der Waals surface area contributed by atoms with Crippen molar-refractivity contribution in [2.24, 2.45) is 0 Å². The fraction of sp³-hybridized carbons (Fsp3) is 0.316. The SMILES string of the molecule is COCCOc1ccc(CNC(=O)c2cc(C)n(-c3nccs3)c2C)cn1. The van der Waals surface area contributed by atoms with Crippen LogP contribution in [0.5, 0.6) is 5.88 Å². The molecular weight excluding hydrogens is 364 g/mol. The number of aromatic nitrogens is 3. The normalized spacial score (nSPS) is 10.8. The summed E-state index contributed by atoms with van der Waals surface area (Å²) in [4.78, 5) is 21.2. The zero-order valence-electron chi connectivity index (χ0n) is 15.6. The highest BCUT2D eigenvalue weighted by molar-refractivity contribution is 7.12. The third-order valence-corrected chi connectivity index (χ3v) is 4.83. The second-order valence-electron chi connectivity index (χ2n) is 5.96. The van der Waals surface area contributed by atoms with E-state index in [1.807, 2.05) is 35.9 Å². The summed E-state index contributed by atoms with van der Waals surface area (Å²) >= 11 is 1.54. The monoisotopic (exact) mass is 386 g/mol. The number of hydrogen-bond donors (Lipinski definition) is 1. The minimum absolute atomic E-state index is 0.119. The van der Waals surface area contributed by atoms with Crippen molar-refractivity contribution >= 4 is 17.2 Å². The molecule has 7 nitrogen and oxygen atoms in total. The number of ether oxygens (including phenoxy) is 2. The molecule has 3 aromatic heterocycles. The number of aryl methyl sites for hydroxylation is 1. The van der Waals surface area contributed by atoms with Crippen LogP contribution in [-0.4, -0.2) is 40.8 Å². The molecule has 0 radical (unpaired) electrons. The van der Waals surface area contributed by atoms with Gasteiger partial charge in [-0.15, -0.1) is 11.3 Å². The maximum absolute atomic E-state index is 12.6. The number of nitrogens with one attached hydrogen (secondary N) is 1. The van der Waals surface area contributed by atoms with Gasteiger partial charge in [-0.3, -0.25) is 9.36 Å². The van der Waals surface area contributed by atoms with Crippen molar-refractivity contribution in [2.75, 3.05) is 20.3 Å². The maximum atomic E-state index is 12.6. The Morgan fingerprint density at radius 3 is 2.78 bits per heavy atom. The van der Waals surface area contributed by atoms with Gasteiger partial charge in [0, 0.05) is 48.9 Å². The summed E-state index contributed by atoms with van der Waals surface area (Å²) in [6.07, 6.45) is 3.45. The number of pyridine rings is 1. The van der Waals surface area contributed by atoms with E-state index in [-0.39, 0.29) is 5.91 Å². The number of hydrogen-bond acceptors (Lipinski definition) is 6. The van der Waals surface area contributed by atoms with Gasteiger partial charge in [0.15, 0.2) is 5.13 Å². The Labute approximate surface area is 162 Å². The molecule has 0 saturated carbocycles. The lowest BCUT2D eigenvalue weighted by atomic mass is 10.2. The highest BCUT2D eigenvalue weighted by Gasteiger charge is 2.17. The lowest BCUT2D eigenvalue weighted by Gasteiger charge is -2.08. The number of thiazole rings is 1. The Bertz CT molecular complexity index is 889. The summed E-state index contributed by atoms with van der Waals surface area (Å²) in [6, 6.07) is 5.55. The van der Waals surface area contributed by atoms with Crippen molar-refractivity contribution in [3.8, 4) is 11.0 Å². The van der Waals surface area contributed by atoms with Crippen LogP contribution in [0.4, 0.5) is 0 Å². The van der Waals surface area contributed by atoms with Crippen molar-refractivity contribution in [2.45, 2.75) is 20.4 Å². The van der Waals surface area contributed by atoms with E-state index in [0.29, 0.717) is 31.2 Å². The van der Waals surface area contributed by atoms with Crippen LogP contribution in [-0.2, 0) is 11.3 Å². The summed E-state index contributed by atoms with van der Waals surface area (Å²) in [5, 5.41) is 5.72. The topological polar surface area (TPSA) is 78.3 Å². The Balaban J connectivity index is 1.62. The minimum atomic E-state index is -0.119. The third kappa shape index (κ3) is 4.53. The van der Waals surface area contributed by atoms with Crippen molar-refractivity contribution in [3.05, 3.63) is 58.5 Å². The third-order valence-electron chi connectivity index (χ3n) is 4.07. The average Bonchev–Trinajstić information content (AvgIpc) is 3.28. The van der Waals surface area contributed by atoms with Crippen LogP contribution < -0.4 is 10.1 Å². The number of methoxy groups -OCH3 is 1. The van der Waals surface area contributed by atoms with E-state index in [0.717, 1.165) is 22.1 Å². The Kier molecular flexibility index (Phi) is 6.20.